The minimum atomic E-state index is -1.08. The molecule has 0 N–H and O–H groups in total. The molecule has 1 unspecified atom stereocenters. The number of ether oxygens (including phenoxy) is 2. The van der Waals surface area contributed by atoms with E-state index in [0.717, 1.165) is 15.8 Å². The number of pyridine rings is 1. The molecule has 3 rings (SSSR count). The molecule has 0 aliphatic rings. The molecule has 0 spiro atoms. The molecule has 0 aliphatic heterocycles. The number of carbonyl (C=O) groups is 1. The first kappa shape index (κ1) is 22.9. The van der Waals surface area contributed by atoms with Crippen LogP contribution in [-0.2, 0) is 27.6 Å². The summed E-state index contributed by atoms with van der Waals surface area (Å²) in [6, 6.07) is 9.20. The van der Waals surface area contributed by atoms with Gasteiger partial charge in [0, 0.05) is 39.1 Å². The normalized spacial score (nSPS) is 13.3. The Balaban J connectivity index is 1.95. The van der Waals surface area contributed by atoms with Gasteiger partial charge in [0.25, 0.3) is 0 Å². The molecule has 0 bridgehead atoms. The monoisotopic (exact) mass is 443 g/mol. The maximum atomic E-state index is 12.6. The van der Waals surface area contributed by atoms with Gasteiger partial charge in [-0.25, -0.2) is 9.78 Å². The van der Waals surface area contributed by atoms with Gasteiger partial charge in [0.2, 0.25) is 0 Å². The predicted octanol–water partition coefficient (Wildman–Crippen LogP) is 4.83. The van der Waals surface area contributed by atoms with E-state index in [1.54, 1.807) is 45.4 Å². The predicted molar refractivity (Wildman–Crippen MR) is 121 cm³/mol. The lowest BCUT2D eigenvalue weighted by Crippen LogP contribution is -2.28. The fraction of sp³-hybridized carbons (Fsp3) is 0.435. The minimum Gasteiger partial charge on any atom is -0.487 e. The molecular weight excluding hydrogens is 414 g/mol. The Morgan fingerprint density at radius 2 is 1.84 bits per heavy atom. The average molecular weight is 444 g/mol. The summed E-state index contributed by atoms with van der Waals surface area (Å²) in [6.45, 7) is 11.8. The van der Waals surface area contributed by atoms with Crippen LogP contribution >= 0.6 is 0 Å². The number of benzene rings is 1. The summed E-state index contributed by atoms with van der Waals surface area (Å²) < 4.78 is 24.7. The largest absolute Gasteiger partial charge is 0.487 e. The standard InChI is InChI=1S/C23H29N3O4S/c1-22(2,3)17-13-15(31(7)28)10-11-19(17)29-14-18-16-9-8-12-24-20(16)26(25-18)21(27)30-23(4,5)6/h8-13H,14H2,1-7H3. The Hall–Kier alpha value is -2.74. The van der Waals surface area contributed by atoms with Crippen molar-refractivity contribution in [1.82, 2.24) is 14.8 Å². The molecule has 166 valence electrons. The number of nitrogens with zero attached hydrogens (tertiary/aromatic N) is 3. The summed E-state index contributed by atoms with van der Waals surface area (Å²) in [5.74, 6) is 0.686. The molecule has 8 heteroatoms. The number of fused-ring (bicyclic) bond motifs is 1. The number of rotatable bonds is 4. The Morgan fingerprint density at radius 1 is 1.13 bits per heavy atom. The van der Waals surface area contributed by atoms with Gasteiger partial charge in [-0.15, -0.1) is 4.68 Å². The Labute approximate surface area is 185 Å². The molecule has 2 aromatic heterocycles. The summed E-state index contributed by atoms with van der Waals surface area (Å²) in [5.41, 5.74) is 1.10. The first-order chi connectivity index (χ1) is 14.4. The van der Waals surface area contributed by atoms with Crippen molar-refractivity contribution in [2.45, 2.75) is 64.1 Å². The first-order valence-corrected chi connectivity index (χ1v) is 11.6. The van der Waals surface area contributed by atoms with E-state index >= 15 is 0 Å². The SMILES string of the molecule is CS(=O)c1ccc(OCc2nn(C(=O)OC(C)(C)C)c3ncccc23)c(C(C)(C)C)c1. The summed E-state index contributed by atoms with van der Waals surface area (Å²) in [6.07, 6.45) is 2.68. The zero-order valence-electron chi connectivity index (χ0n) is 19.1. The van der Waals surface area contributed by atoms with Gasteiger partial charge in [-0.1, -0.05) is 20.8 Å². The van der Waals surface area contributed by atoms with Gasteiger partial charge in [-0.3, -0.25) is 4.21 Å². The molecule has 3 aromatic rings. The van der Waals surface area contributed by atoms with E-state index in [1.807, 2.05) is 18.2 Å². The Morgan fingerprint density at radius 3 is 2.45 bits per heavy atom. The second-order valence-electron chi connectivity index (χ2n) is 9.36. The van der Waals surface area contributed by atoms with Crippen LogP contribution < -0.4 is 4.74 Å². The topological polar surface area (TPSA) is 83.3 Å². The lowest BCUT2D eigenvalue weighted by molar-refractivity contribution is 0.0520. The van der Waals surface area contributed by atoms with Crippen LogP contribution in [0.3, 0.4) is 0 Å². The van der Waals surface area contributed by atoms with E-state index in [1.165, 1.54) is 4.68 Å². The second kappa shape index (κ2) is 8.42. The summed E-state index contributed by atoms with van der Waals surface area (Å²) in [5, 5.41) is 5.15. The number of hydrogen-bond donors (Lipinski definition) is 0. The minimum absolute atomic E-state index is 0.148. The molecule has 0 radical (unpaired) electrons. The lowest BCUT2D eigenvalue weighted by atomic mass is 9.86. The number of aromatic nitrogens is 3. The van der Waals surface area contributed by atoms with Crippen LogP contribution in [0, 0.1) is 0 Å². The van der Waals surface area contributed by atoms with Gasteiger partial charge >= 0.3 is 6.09 Å². The third kappa shape index (κ3) is 5.31. The molecular formula is C23H29N3O4S. The van der Waals surface area contributed by atoms with Gasteiger partial charge in [-0.2, -0.15) is 5.10 Å². The van der Waals surface area contributed by atoms with Crippen molar-refractivity contribution in [3.05, 3.63) is 47.8 Å². The summed E-state index contributed by atoms with van der Waals surface area (Å²) in [4.78, 5) is 17.7. The van der Waals surface area contributed by atoms with Crippen LogP contribution in [0.1, 0.15) is 52.8 Å². The van der Waals surface area contributed by atoms with Gasteiger partial charge in [0.1, 0.15) is 23.7 Å². The van der Waals surface area contributed by atoms with Crippen LogP contribution in [0.25, 0.3) is 11.0 Å². The molecule has 0 aliphatic carbocycles. The molecule has 2 heterocycles. The molecule has 7 nitrogen and oxygen atoms in total. The van der Waals surface area contributed by atoms with Crippen molar-refractivity contribution in [3.63, 3.8) is 0 Å². The molecule has 1 aromatic carbocycles. The number of hydrogen-bond acceptors (Lipinski definition) is 6. The van der Waals surface area contributed by atoms with E-state index in [-0.39, 0.29) is 12.0 Å². The van der Waals surface area contributed by atoms with Crippen molar-refractivity contribution >= 4 is 27.9 Å². The highest BCUT2D eigenvalue weighted by molar-refractivity contribution is 7.84. The Bertz CT molecular complexity index is 1140. The lowest BCUT2D eigenvalue weighted by Gasteiger charge is -2.23. The highest BCUT2D eigenvalue weighted by atomic mass is 32.2. The van der Waals surface area contributed by atoms with Gasteiger partial charge < -0.3 is 9.47 Å². The van der Waals surface area contributed by atoms with Crippen LogP contribution in [0.2, 0.25) is 0 Å². The molecule has 31 heavy (non-hydrogen) atoms. The van der Waals surface area contributed by atoms with Crippen molar-refractivity contribution in [2.24, 2.45) is 0 Å². The van der Waals surface area contributed by atoms with Crippen LogP contribution in [0.4, 0.5) is 4.79 Å². The van der Waals surface area contributed by atoms with E-state index in [9.17, 15) is 9.00 Å². The van der Waals surface area contributed by atoms with Crippen LogP contribution in [-0.4, -0.2) is 36.9 Å². The summed E-state index contributed by atoms with van der Waals surface area (Å²) >= 11 is 0. The maximum absolute atomic E-state index is 12.6. The molecule has 1 atom stereocenters. The third-order valence-electron chi connectivity index (χ3n) is 4.54. The second-order valence-corrected chi connectivity index (χ2v) is 10.7. The van der Waals surface area contributed by atoms with E-state index < -0.39 is 22.5 Å². The van der Waals surface area contributed by atoms with Crippen molar-refractivity contribution in [3.8, 4) is 5.75 Å². The average Bonchev–Trinajstić information content (AvgIpc) is 3.03. The van der Waals surface area contributed by atoms with Gasteiger partial charge in [0.15, 0.2) is 5.65 Å². The molecule has 0 saturated heterocycles. The quantitative estimate of drug-likeness (QED) is 0.574. The summed E-state index contributed by atoms with van der Waals surface area (Å²) in [7, 11) is -1.08. The van der Waals surface area contributed by atoms with E-state index in [4.69, 9.17) is 9.47 Å². The van der Waals surface area contributed by atoms with Crippen molar-refractivity contribution in [1.29, 1.82) is 0 Å². The van der Waals surface area contributed by atoms with Gasteiger partial charge in [0.05, 0.1) is 0 Å². The third-order valence-corrected chi connectivity index (χ3v) is 5.46. The fourth-order valence-electron chi connectivity index (χ4n) is 3.10. The zero-order chi connectivity index (χ0) is 23.0. The highest BCUT2D eigenvalue weighted by Gasteiger charge is 2.24. The van der Waals surface area contributed by atoms with Crippen molar-refractivity contribution < 1.29 is 18.5 Å². The fourth-order valence-corrected chi connectivity index (χ4v) is 3.64. The highest BCUT2D eigenvalue weighted by Crippen LogP contribution is 2.33. The van der Waals surface area contributed by atoms with Gasteiger partial charge in [-0.05, 0) is 56.5 Å². The Kier molecular flexibility index (Phi) is 6.23. The van der Waals surface area contributed by atoms with Crippen molar-refractivity contribution in [2.75, 3.05) is 6.26 Å². The molecule has 0 fully saturated rings. The molecule has 0 amide bonds. The zero-order valence-corrected chi connectivity index (χ0v) is 19.9. The van der Waals surface area contributed by atoms with E-state index in [0.29, 0.717) is 17.1 Å². The smallest absolute Gasteiger partial charge is 0.437 e. The number of carbonyl (C=O) groups excluding carboxylic acids is 1. The molecule has 0 saturated carbocycles. The van der Waals surface area contributed by atoms with Crippen LogP contribution in [0.15, 0.2) is 41.4 Å². The maximum Gasteiger partial charge on any atom is 0.437 e. The van der Waals surface area contributed by atoms with Crippen LogP contribution in [0.5, 0.6) is 5.75 Å². The first-order valence-electron chi connectivity index (χ1n) is 10.0. The van der Waals surface area contributed by atoms with E-state index in [2.05, 4.69) is 30.9 Å².